The number of aromatic nitrogens is 4. The topological polar surface area (TPSA) is 76.1 Å². The van der Waals surface area contributed by atoms with Gasteiger partial charge in [0.05, 0.1) is 13.2 Å². The highest BCUT2D eigenvalue weighted by molar-refractivity contribution is 7.99. The lowest BCUT2D eigenvalue weighted by atomic mass is 10.2. The second-order valence-electron chi connectivity index (χ2n) is 7.33. The molecule has 0 atom stereocenters. The minimum atomic E-state index is 0.249. The largest absolute Gasteiger partial charge is 0.378 e. The fraction of sp³-hybridized carbons (Fsp3) is 0.167. The molecule has 2 aromatic heterocycles. The molecule has 0 amide bonds. The number of ether oxygens (including phenoxy) is 1. The summed E-state index contributed by atoms with van der Waals surface area (Å²) < 4.78 is 5.43. The van der Waals surface area contributed by atoms with Crippen molar-refractivity contribution in [2.24, 2.45) is 0 Å². The van der Waals surface area contributed by atoms with Gasteiger partial charge in [-0.3, -0.25) is 0 Å². The second kappa shape index (κ2) is 11.1. The first-order chi connectivity index (χ1) is 16.7. The Kier molecular flexibility index (Phi) is 7.45. The van der Waals surface area contributed by atoms with E-state index >= 15 is 0 Å². The number of nitrogens with one attached hydrogen (secondary N) is 1. The smallest absolute Gasteiger partial charge is 0.228 e. The standard InChI is InChI=1S/C24H21ClN6OS2/c25-23-26-11-9-21(29-23)33-19-5-7-20(8-6-19)34-22-10-12-27-24(30-22)28-17-1-3-18(4-2-17)31-13-15-32-16-14-31/h1-12H,13-16H2,(H,27,28,30). The van der Waals surface area contributed by atoms with Crippen molar-refractivity contribution in [3.8, 4) is 0 Å². The monoisotopic (exact) mass is 508 g/mol. The van der Waals surface area contributed by atoms with Gasteiger partial charge in [-0.15, -0.1) is 0 Å². The summed E-state index contributed by atoms with van der Waals surface area (Å²) in [6.07, 6.45) is 3.42. The highest BCUT2D eigenvalue weighted by atomic mass is 35.5. The lowest BCUT2D eigenvalue weighted by Gasteiger charge is -2.28. The van der Waals surface area contributed by atoms with Gasteiger partial charge in [0.1, 0.15) is 10.1 Å². The first-order valence-corrected chi connectivity index (χ1v) is 12.7. The van der Waals surface area contributed by atoms with E-state index < -0.39 is 0 Å². The molecular formula is C24H21ClN6OS2. The van der Waals surface area contributed by atoms with Crippen molar-refractivity contribution in [3.05, 3.63) is 78.3 Å². The number of rotatable bonds is 7. The predicted molar refractivity (Wildman–Crippen MR) is 137 cm³/mol. The van der Waals surface area contributed by atoms with Crippen LogP contribution in [0.1, 0.15) is 0 Å². The van der Waals surface area contributed by atoms with Gasteiger partial charge in [-0.05, 0) is 72.3 Å². The Hall–Kier alpha value is -2.85. The molecule has 0 unspecified atom stereocenters. The number of morpholine rings is 1. The van der Waals surface area contributed by atoms with E-state index in [9.17, 15) is 0 Å². The van der Waals surface area contributed by atoms with E-state index in [1.807, 2.05) is 12.1 Å². The van der Waals surface area contributed by atoms with Crippen LogP contribution in [0, 0.1) is 0 Å². The molecule has 34 heavy (non-hydrogen) atoms. The zero-order valence-electron chi connectivity index (χ0n) is 18.1. The van der Waals surface area contributed by atoms with Crippen LogP contribution in [-0.4, -0.2) is 46.2 Å². The SMILES string of the molecule is Clc1nccc(Sc2ccc(Sc3ccnc(Nc4ccc(N5CCOCC5)cc4)n3)cc2)n1. The second-order valence-corrected chi connectivity index (χ2v) is 9.85. The molecule has 172 valence electrons. The fourth-order valence-corrected chi connectivity index (χ4v) is 5.11. The molecule has 1 aliphatic heterocycles. The zero-order chi connectivity index (χ0) is 23.2. The molecule has 0 radical (unpaired) electrons. The van der Waals surface area contributed by atoms with Gasteiger partial charge in [-0.1, -0.05) is 23.5 Å². The van der Waals surface area contributed by atoms with Crippen LogP contribution in [0.3, 0.4) is 0 Å². The first-order valence-electron chi connectivity index (χ1n) is 10.7. The van der Waals surface area contributed by atoms with Gasteiger partial charge in [-0.2, -0.15) is 0 Å². The molecule has 4 aromatic rings. The molecule has 3 heterocycles. The van der Waals surface area contributed by atoms with Crippen LogP contribution in [-0.2, 0) is 4.74 Å². The maximum Gasteiger partial charge on any atom is 0.228 e. The number of halogens is 1. The Balaban J connectivity index is 1.20. The predicted octanol–water partition coefficient (Wildman–Crippen LogP) is 5.80. The number of hydrogen-bond donors (Lipinski definition) is 1. The van der Waals surface area contributed by atoms with E-state index in [1.54, 1.807) is 35.9 Å². The van der Waals surface area contributed by atoms with Gasteiger partial charge in [0.2, 0.25) is 11.2 Å². The van der Waals surface area contributed by atoms with Crippen LogP contribution in [0.4, 0.5) is 17.3 Å². The van der Waals surface area contributed by atoms with Crippen molar-refractivity contribution >= 4 is 52.4 Å². The molecule has 1 aliphatic rings. The molecule has 0 aliphatic carbocycles. The van der Waals surface area contributed by atoms with Crippen LogP contribution in [0.25, 0.3) is 0 Å². The van der Waals surface area contributed by atoms with Crippen LogP contribution in [0.5, 0.6) is 0 Å². The molecule has 0 saturated carbocycles. The maximum atomic E-state index is 5.87. The average molecular weight is 509 g/mol. The third kappa shape index (κ3) is 6.18. The Morgan fingerprint density at radius 1 is 0.765 bits per heavy atom. The van der Waals surface area contributed by atoms with Crippen LogP contribution < -0.4 is 10.2 Å². The summed E-state index contributed by atoms with van der Waals surface area (Å²) >= 11 is 8.99. The highest BCUT2D eigenvalue weighted by Gasteiger charge is 2.11. The summed E-state index contributed by atoms with van der Waals surface area (Å²) in [6, 6.07) is 20.3. The van der Waals surface area contributed by atoms with Gasteiger partial charge < -0.3 is 15.0 Å². The van der Waals surface area contributed by atoms with Crippen molar-refractivity contribution in [3.63, 3.8) is 0 Å². The van der Waals surface area contributed by atoms with E-state index in [2.05, 4.69) is 78.7 Å². The van der Waals surface area contributed by atoms with E-state index in [1.165, 1.54) is 5.69 Å². The highest BCUT2D eigenvalue weighted by Crippen LogP contribution is 2.31. The summed E-state index contributed by atoms with van der Waals surface area (Å²) in [6.45, 7) is 3.39. The van der Waals surface area contributed by atoms with Crippen molar-refractivity contribution in [1.82, 2.24) is 19.9 Å². The third-order valence-corrected chi connectivity index (χ3v) is 7.07. The summed E-state index contributed by atoms with van der Waals surface area (Å²) in [5.74, 6) is 0.567. The van der Waals surface area contributed by atoms with Crippen molar-refractivity contribution in [2.45, 2.75) is 19.8 Å². The summed E-state index contributed by atoms with van der Waals surface area (Å²) in [5.41, 5.74) is 2.15. The number of benzene rings is 2. The Morgan fingerprint density at radius 2 is 1.38 bits per heavy atom. The van der Waals surface area contributed by atoms with Gasteiger partial charge in [0.25, 0.3) is 0 Å². The number of anilines is 3. The molecule has 5 rings (SSSR count). The average Bonchev–Trinajstić information content (AvgIpc) is 2.87. The minimum Gasteiger partial charge on any atom is -0.378 e. The Morgan fingerprint density at radius 3 is 2.03 bits per heavy atom. The summed E-state index contributed by atoms with van der Waals surface area (Å²) in [7, 11) is 0. The number of nitrogens with zero attached hydrogens (tertiary/aromatic N) is 5. The maximum absolute atomic E-state index is 5.87. The van der Waals surface area contributed by atoms with Crippen molar-refractivity contribution in [2.75, 3.05) is 36.5 Å². The summed E-state index contributed by atoms with van der Waals surface area (Å²) in [4.78, 5) is 21.6. The number of hydrogen-bond acceptors (Lipinski definition) is 9. The molecule has 7 nitrogen and oxygen atoms in total. The summed E-state index contributed by atoms with van der Waals surface area (Å²) in [5, 5.41) is 5.22. The van der Waals surface area contributed by atoms with Gasteiger partial charge in [0.15, 0.2) is 0 Å². The molecule has 10 heteroatoms. The van der Waals surface area contributed by atoms with Crippen molar-refractivity contribution < 1.29 is 4.74 Å². The van der Waals surface area contributed by atoms with E-state index in [-0.39, 0.29) is 5.28 Å². The van der Waals surface area contributed by atoms with E-state index in [4.69, 9.17) is 16.3 Å². The van der Waals surface area contributed by atoms with Gasteiger partial charge in [0, 0.05) is 46.6 Å². The van der Waals surface area contributed by atoms with Crippen molar-refractivity contribution in [1.29, 1.82) is 0 Å². The quantitative estimate of drug-likeness (QED) is 0.246. The molecule has 0 bridgehead atoms. The Labute approximate surface area is 211 Å². The zero-order valence-corrected chi connectivity index (χ0v) is 20.5. The first kappa shape index (κ1) is 22.9. The van der Waals surface area contributed by atoms with Gasteiger partial charge >= 0.3 is 0 Å². The van der Waals surface area contributed by atoms with Crippen LogP contribution in [0.15, 0.2) is 92.9 Å². The van der Waals surface area contributed by atoms with Gasteiger partial charge in [-0.25, -0.2) is 19.9 Å². The lowest BCUT2D eigenvalue weighted by molar-refractivity contribution is 0.122. The van der Waals surface area contributed by atoms with Crippen LogP contribution in [0.2, 0.25) is 5.28 Å². The molecule has 1 fully saturated rings. The molecular weight excluding hydrogens is 488 g/mol. The van der Waals surface area contributed by atoms with E-state index in [0.29, 0.717) is 5.95 Å². The minimum absolute atomic E-state index is 0.249. The Bertz CT molecular complexity index is 1240. The molecule has 1 N–H and O–H groups in total. The van der Waals surface area contributed by atoms with E-state index in [0.717, 1.165) is 51.8 Å². The normalized spacial score (nSPS) is 13.6. The van der Waals surface area contributed by atoms with Crippen LogP contribution >= 0.6 is 35.1 Å². The molecule has 1 saturated heterocycles. The fourth-order valence-electron chi connectivity index (χ4n) is 3.36. The lowest BCUT2D eigenvalue weighted by Crippen LogP contribution is -2.36. The molecule has 2 aromatic carbocycles. The third-order valence-electron chi connectivity index (χ3n) is 5.00. The molecule has 0 spiro atoms.